The standard InChI is InChI=1S/C22H20N6O14S5/c23-17-12-18(24)21(13-20(17)27-25-14-1-4-16(5-2-14)44(29,30)10-8-41-46(34,35)36)28-26-19-6-3-15(11-22(19)45(31,32)33)43-9-7-40-42-47(37,38)39/h1-6,11-13H,8,10,23-24H2,(H,31,32,33)(H,34,35,36)(H,37,38,39). The van der Waals surface area contributed by atoms with Crippen LogP contribution in [0.1, 0.15) is 0 Å². The molecule has 0 aliphatic carbocycles. The molecule has 0 aliphatic rings. The van der Waals surface area contributed by atoms with E-state index in [0.717, 1.165) is 12.1 Å². The molecule has 0 heterocycles. The van der Waals surface area contributed by atoms with Gasteiger partial charge in [0.2, 0.25) is 0 Å². The Kier molecular flexibility index (Phi) is 12.0. The molecular weight excluding hydrogens is 733 g/mol. The molecule has 252 valence electrons. The van der Waals surface area contributed by atoms with Gasteiger partial charge < -0.3 is 11.5 Å². The molecule has 0 spiro atoms. The smallest absolute Gasteiger partial charge is 0.397 e. The Morgan fingerprint density at radius 3 is 1.89 bits per heavy atom. The van der Waals surface area contributed by atoms with Crippen molar-refractivity contribution in [2.75, 3.05) is 23.8 Å². The van der Waals surface area contributed by atoms with Gasteiger partial charge in [-0.1, -0.05) is 0 Å². The van der Waals surface area contributed by atoms with Crippen molar-refractivity contribution in [1.82, 2.24) is 0 Å². The Labute approximate surface area is 271 Å². The van der Waals surface area contributed by atoms with E-state index in [0.29, 0.717) is 11.8 Å². The van der Waals surface area contributed by atoms with Gasteiger partial charge in [-0.25, -0.2) is 12.6 Å². The zero-order valence-corrected chi connectivity index (χ0v) is 27.0. The number of rotatable bonds is 13. The molecule has 0 unspecified atom stereocenters. The minimum atomic E-state index is -4.90. The molecular formula is C22H20N6O14S5. The predicted molar refractivity (Wildman–Crippen MR) is 163 cm³/mol. The lowest BCUT2D eigenvalue weighted by Gasteiger charge is -2.06. The average molecular weight is 753 g/mol. The van der Waals surface area contributed by atoms with Crippen molar-refractivity contribution < 1.29 is 60.7 Å². The number of nitrogens with two attached hydrogens (primary N) is 2. The molecule has 20 nitrogen and oxygen atoms in total. The van der Waals surface area contributed by atoms with Gasteiger partial charge in [-0.3, -0.25) is 18.5 Å². The van der Waals surface area contributed by atoms with Crippen molar-refractivity contribution in [3.05, 3.63) is 54.6 Å². The van der Waals surface area contributed by atoms with Crippen molar-refractivity contribution >= 4 is 86.6 Å². The quantitative estimate of drug-likeness (QED) is 0.0318. The third-order valence-corrected chi connectivity index (χ3v) is 9.03. The average Bonchev–Trinajstić information content (AvgIpc) is 2.94. The first-order valence-electron chi connectivity index (χ1n) is 11.8. The number of sulfone groups is 1. The summed E-state index contributed by atoms with van der Waals surface area (Å²) in [4.78, 5) is 3.19. The van der Waals surface area contributed by atoms with Crippen LogP contribution in [0.5, 0.6) is 0 Å². The fraction of sp³-hybridized carbons (Fsp3) is 0.0909. The van der Waals surface area contributed by atoms with Crippen LogP contribution < -0.4 is 11.5 Å². The summed E-state index contributed by atoms with van der Waals surface area (Å²) in [5, 5.41) is 17.9. The second-order valence-electron chi connectivity index (χ2n) is 8.42. The topological polar surface area (TPSA) is 326 Å². The maximum atomic E-state index is 12.3. The van der Waals surface area contributed by atoms with Crippen LogP contribution in [0.15, 0.2) is 89.7 Å². The monoisotopic (exact) mass is 752 g/mol. The highest BCUT2D eigenvalue weighted by atomic mass is 32.3. The molecule has 0 atom stereocenters. The van der Waals surface area contributed by atoms with Crippen molar-refractivity contribution in [3.63, 3.8) is 0 Å². The summed E-state index contributed by atoms with van der Waals surface area (Å²) in [7, 11) is -18.5. The number of azo groups is 2. The largest absolute Gasteiger partial charge is 0.433 e. The lowest BCUT2D eigenvalue weighted by atomic mass is 10.2. The van der Waals surface area contributed by atoms with Crippen LogP contribution in [0.2, 0.25) is 0 Å². The highest BCUT2D eigenvalue weighted by Crippen LogP contribution is 2.37. The Morgan fingerprint density at radius 2 is 1.32 bits per heavy atom. The first-order valence-corrected chi connectivity index (χ1v) is 18.5. The molecule has 0 aromatic heterocycles. The molecule has 3 aromatic rings. The Balaban J connectivity index is 1.80. The van der Waals surface area contributed by atoms with Crippen LogP contribution in [-0.4, -0.2) is 59.7 Å². The van der Waals surface area contributed by atoms with Gasteiger partial charge in [-0.15, -0.1) is 15.3 Å². The fourth-order valence-corrected chi connectivity index (χ4v) is 5.93. The highest BCUT2D eigenvalue weighted by molar-refractivity contribution is 8.04. The maximum Gasteiger partial charge on any atom is 0.433 e. The minimum Gasteiger partial charge on any atom is -0.397 e. The summed E-state index contributed by atoms with van der Waals surface area (Å²) in [5.41, 5.74) is 11.8. The van der Waals surface area contributed by atoms with E-state index < -0.39 is 58.0 Å². The molecule has 0 bridgehead atoms. The number of benzene rings is 3. The molecule has 47 heavy (non-hydrogen) atoms. The molecule has 3 aromatic carbocycles. The number of hydrogen-bond donors (Lipinski definition) is 5. The van der Waals surface area contributed by atoms with E-state index in [-0.39, 0.29) is 43.9 Å². The van der Waals surface area contributed by atoms with Crippen LogP contribution in [0, 0.1) is 11.4 Å². The lowest BCUT2D eigenvalue weighted by molar-refractivity contribution is -0.135. The molecule has 0 saturated carbocycles. The molecule has 7 N–H and O–H groups in total. The van der Waals surface area contributed by atoms with Crippen LogP contribution in [0.4, 0.5) is 34.1 Å². The molecule has 0 saturated heterocycles. The zero-order valence-electron chi connectivity index (χ0n) is 22.9. The number of nitrogen functional groups attached to an aromatic ring is 2. The first-order chi connectivity index (χ1) is 21.7. The minimum absolute atomic E-state index is 0.000653. The summed E-state index contributed by atoms with van der Waals surface area (Å²) in [5.74, 6) is -0.732. The lowest BCUT2D eigenvalue weighted by Crippen LogP contribution is -2.15. The van der Waals surface area contributed by atoms with E-state index in [2.05, 4.69) is 39.1 Å². The van der Waals surface area contributed by atoms with E-state index in [1.165, 1.54) is 42.5 Å². The molecule has 0 fully saturated rings. The number of thioether (sulfide) groups is 1. The maximum absolute atomic E-state index is 12.3. The Hall–Kier alpha value is -4.23. The fourth-order valence-electron chi connectivity index (χ4n) is 3.10. The second-order valence-corrected chi connectivity index (χ2v) is 14.9. The van der Waals surface area contributed by atoms with E-state index in [9.17, 15) is 38.2 Å². The molecule has 25 heteroatoms. The van der Waals surface area contributed by atoms with Gasteiger partial charge in [0.1, 0.15) is 22.0 Å². The Bertz CT molecular complexity index is 2220. The van der Waals surface area contributed by atoms with Crippen molar-refractivity contribution in [2.45, 2.75) is 14.7 Å². The molecule has 0 radical (unpaired) electrons. The summed E-state index contributed by atoms with van der Waals surface area (Å²) < 4.78 is 125. The number of hydrogen-bond acceptors (Lipinski definition) is 18. The summed E-state index contributed by atoms with van der Waals surface area (Å²) in [6.45, 7) is -0.800. The van der Waals surface area contributed by atoms with Gasteiger partial charge in [0, 0.05) is 10.1 Å². The van der Waals surface area contributed by atoms with Gasteiger partial charge in [-0.05, 0) is 70.7 Å². The van der Waals surface area contributed by atoms with Gasteiger partial charge in [0.05, 0.1) is 34.3 Å². The third-order valence-electron chi connectivity index (χ3n) is 5.08. The first kappa shape index (κ1) is 37.2. The van der Waals surface area contributed by atoms with Crippen molar-refractivity contribution in [2.24, 2.45) is 20.5 Å². The summed E-state index contributed by atoms with van der Waals surface area (Å²) in [6.07, 6.45) is 1.77. The Morgan fingerprint density at radius 1 is 0.723 bits per heavy atom. The van der Waals surface area contributed by atoms with Crippen molar-refractivity contribution in [3.8, 4) is 11.4 Å². The van der Waals surface area contributed by atoms with E-state index in [1.54, 1.807) is 6.11 Å². The number of anilines is 2. The van der Waals surface area contributed by atoms with Gasteiger partial charge >= 0.3 is 20.8 Å². The van der Waals surface area contributed by atoms with Crippen molar-refractivity contribution in [1.29, 1.82) is 0 Å². The predicted octanol–water partition coefficient (Wildman–Crippen LogP) is 3.28. The van der Waals surface area contributed by atoms with Crippen LogP contribution in [0.25, 0.3) is 0 Å². The van der Waals surface area contributed by atoms with Gasteiger partial charge in [0.25, 0.3) is 10.1 Å². The van der Waals surface area contributed by atoms with Gasteiger partial charge in [0.15, 0.2) is 15.9 Å². The summed E-state index contributed by atoms with van der Waals surface area (Å²) in [6, 6.07) is 10.9. The van der Waals surface area contributed by atoms with Gasteiger partial charge in [-0.2, -0.15) is 30.4 Å². The SMILES string of the molecule is Nc1cc(N)c(N=Nc2ccc(SC#COOS(=O)(=O)O)cc2S(=O)(=O)O)cc1N=Nc1ccc(S(=O)(=O)CCOS(=O)(=O)O)cc1. The van der Waals surface area contributed by atoms with Crippen LogP contribution in [-0.2, 0) is 54.2 Å². The van der Waals surface area contributed by atoms with E-state index >= 15 is 0 Å². The van der Waals surface area contributed by atoms with Crippen LogP contribution >= 0.6 is 11.8 Å². The second kappa shape index (κ2) is 15.1. The number of nitrogens with zero attached hydrogens (tertiary/aromatic N) is 4. The van der Waals surface area contributed by atoms with E-state index in [4.69, 9.17) is 20.6 Å². The van der Waals surface area contributed by atoms with E-state index in [1.807, 2.05) is 0 Å². The van der Waals surface area contributed by atoms with Crippen LogP contribution in [0.3, 0.4) is 0 Å². The third kappa shape index (κ3) is 12.1. The normalized spacial score (nSPS) is 12.7. The molecule has 3 rings (SSSR count). The highest BCUT2D eigenvalue weighted by Gasteiger charge is 2.18. The summed E-state index contributed by atoms with van der Waals surface area (Å²) >= 11 is 0.629. The zero-order chi connectivity index (χ0) is 35.0. The molecule has 0 amide bonds. The molecule has 0 aliphatic heterocycles.